The highest BCUT2D eigenvalue weighted by atomic mass is 32.1. The zero-order valence-corrected chi connectivity index (χ0v) is 20.7. The summed E-state index contributed by atoms with van der Waals surface area (Å²) >= 11 is 1.65. The lowest BCUT2D eigenvalue weighted by atomic mass is 10.00. The third-order valence-electron chi connectivity index (χ3n) is 6.65. The number of rotatable bonds is 5. The fraction of sp³-hybridized carbons (Fsp3) is 0.172. The molecular formula is C29H24FN3O3S. The van der Waals surface area contributed by atoms with Crippen LogP contribution in [0.3, 0.4) is 0 Å². The van der Waals surface area contributed by atoms with E-state index >= 15 is 0 Å². The molecule has 0 spiro atoms. The molecule has 3 aromatic carbocycles. The molecule has 0 saturated heterocycles. The number of halogens is 1. The maximum absolute atomic E-state index is 13.4. The summed E-state index contributed by atoms with van der Waals surface area (Å²) in [6.45, 7) is 2.63. The lowest BCUT2D eigenvalue weighted by Gasteiger charge is -2.28. The van der Waals surface area contributed by atoms with Gasteiger partial charge in [0.25, 0.3) is 5.91 Å². The number of carbonyl (C=O) groups is 2. The molecule has 3 heterocycles. The number of hydrogen-bond donors (Lipinski definition) is 2. The third-order valence-corrected chi connectivity index (χ3v) is 7.80. The summed E-state index contributed by atoms with van der Waals surface area (Å²) in [6, 6.07) is 22.7. The lowest BCUT2D eigenvalue weighted by molar-refractivity contribution is 0.0734. The molecule has 6 rings (SSSR count). The van der Waals surface area contributed by atoms with Crippen molar-refractivity contribution in [3.8, 4) is 5.75 Å². The summed E-state index contributed by atoms with van der Waals surface area (Å²) in [6.07, 6.45) is 0.451. The van der Waals surface area contributed by atoms with E-state index in [1.807, 2.05) is 6.07 Å². The van der Waals surface area contributed by atoms with Crippen LogP contribution in [-0.2, 0) is 19.5 Å². The predicted octanol–water partition coefficient (Wildman–Crippen LogP) is 5.52. The van der Waals surface area contributed by atoms with Gasteiger partial charge in [0, 0.05) is 24.5 Å². The van der Waals surface area contributed by atoms with Crippen molar-refractivity contribution >= 4 is 28.2 Å². The number of fused-ring (bicyclic) bond motifs is 3. The van der Waals surface area contributed by atoms with Crippen LogP contribution in [0.2, 0.25) is 0 Å². The molecule has 2 aliphatic heterocycles. The van der Waals surface area contributed by atoms with Crippen molar-refractivity contribution in [2.45, 2.75) is 25.7 Å². The van der Waals surface area contributed by atoms with Crippen LogP contribution in [-0.4, -0.2) is 23.3 Å². The first-order valence-corrected chi connectivity index (χ1v) is 12.9. The van der Waals surface area contributed by atoms with Crippen molar-refractivity contribution < 1.29 is 18.7 Å². The Morgan fingerprint density at radius 1 is 1.03 bits per heavy atom. The van der Waals surface area contributed by atoms with Gasteiger partial charge in [0.1, 0.15) is 22.7 Å². The Bertz CT molecular complexity index is 1470. The smallest absolute Gasteiger partial charge is 0.343 e. The van der Waals surface area contributed by atoms with Gasteiger partial charge in [0.05, 0.1) is 11.1 Å². The van der Waals surface area contributed by atoms with E-state index in [4.69, 9.17) is 4.74 Å². The molecule has 0 aliphatic carbocycles. The molecular weight excluding hydrogens is 489 g/mol. The summed E-state index contributed by atoms with van der Waals surface area (Å²) in [5, 5.41) is 7.43. The normalized spacial score (nSPS) is 16.8. The molecule has 1 aromatic heterocycles. The highest BCUT2D eigenvalue weighted by Crippen LogP contribution is 2.41. The quantitative estimate of drug-likeness (QED) is 0.272. The maximum Gasteiger partial charge on any atom is 0.343 e. The topological polar surface area (TPSA) is 70.7 Å². The lowest BCUT2D eigenvalue weighted by Crippen LogP contribution is -2.38. The summed E-state index contributed by atoms with van der Waals surface area (Å²) < 4.78 is 18.8. The summed E-state index contributed by atoms with van der Waals surface area (Å²) in [5.41, 5.74) is 4.17. The van der Waals surface area contributed by atoms with Crippen molar-refractivity contribution in [1.82, 2.24) is 10.2 Å². The second kappa shape index (κ2) is 9.80. The fourth-order valence-corrected chi connectivity index (χ4v) is 6.14. The van der Waals surface area contributed by atoms with E-state index in [9.17, 15) is 14.0 Å². The Morgan fingerprint density at radius 3 is 2.62 bits per heavy atom. The molecule has 0 bridgehead atoms. The Labute approximate surface area is 217 Å². The van der Waals surface area contributed by atoms with Crippen molar-refractivity contribution in [2.75, 3.05) is 11.9 Å². The molecule has 0 radical (unpaired) electrons. The Balaban J connectivity index is 1.14. The highest BCUT2D eigenvalue weighted by Gasteiger charge is 2.33. The number of nitrogens with one attached hydrogen (secondary N) is 2. The summed E-state index contributed by atoms with van der Waals surface area (Å²) in [4.78, 5) is 29.1. The Kier molecular flexibility index (Phi) is 6.20. The predicted molar refractivity (Wildman–Crippen MR) is 140 cm³/mol. The Hall–Kier alpha value is -4.01. The van der Waals surface area contributed by atoms with Crippen LogP contribution in [0.25, 0.3) is 0 Å². The second-order valence-corrected chi connectivity index (χ2v) is 10.3. The molecule has 0 saturated carbocycles. The van der Waals surface area contributed by atoms with Crippen LogP contribution in [0.4, 0.5) is 9.39 Å². The van der Waals surface area contributed by atoms with E-state index in [0.717, 1.165) is 53.8 Å². The minimum atomic E-state index is -0.633. The monoisotopic (exact) mass is 513 g/mol. The van der Waals surface area contributed by atoms with Crippen molar-refractivity contribution in [1.29, 1.82) is 0 Å². The minimum Gasteiger partial charge on any atom is -0.423 e. The zero-order chi connectivity index (χ0) is 25.4. The van der Waals surface area contributed by atoms with E-state index in [0.29, 0.717) is 5.75 Å². The molecule has 186 valence electrons. The maximum atomic E-state index is 13.4. The molecule has 8 heteroatoms. The van der Waals surface area contributed by atoms with Crippen LogP contribution in [0.5, 0.6) is 5.75 Å². The van der Waals surface area contributed by atoms with Crippen molar-refractivity contribution in [3.63, 3.8) is 0 Å². The molecule has 1 atom stereocenters. The standard InChI is InChI=1S/C29H24FN3O3S/c30-21-8-4-7-20(15-21)29(35)36-22-11-9-19(10-12-22)26-31-27(34)25-23-13-14-33(16-18-5-2-1-3-6-18)17-24(23)37-28(25)32-26/h1-12,15,26,32H,13-14,16-17H2,(H,31,34). The van der Waals surface area contributed by atoms with Gasteiger partial charge in [0.2, 0.25) is 0 Å². The van der Waals surface area contributed by atoms with Gasteiger partial charge in [-0.2, -0.15) is 0 Å². The van der Waals surface area contributed by atoms with Gasteiger partial charge in [0.15, 0.2) is 0 Å². The third kappa shape index (κ3) is 4.85. The van der Waals surface area contributed by atoms with Crippen LogP contribution in [0.1, 0.15) is 48.4 Å². The summed E-state index contributed by atoms with van der Waals surface area (Å²) in [5.74, 6) is -0.866. The largest absolute Gasteiger partial charge is 0.423 e. The highest BCUT2D eigenvalue weighted by molar-refractivity contribution is 7.16. The molecule has 1 amide bonds. The van der Waals surface area contributed by atoms with E-state index < -0.39 is 18.0 Å². The Morgan fingerprint density at radius 2 is 1.84 bits per heavy atom. The molecule has 4 aromatic rings. The van der Waals surface area contributed by atoms with Gasteiger partial charge < -0.3 is 15.4 Å². The van der Waals surface area contributed by atoms with Gasteiger partial charge in [-0.3, -0.25) is 9.69 Å². The molecule has 2 N–H and O–H groups in total. The van der Waals surface area contributed by atoms with Crippen LogP contribution >= 0.6 is 11.3 Å². The molecule has 0 fully saturated rings. The first kappa shape index (κ1) is 23.4. The molecule has 37 heavy (non-hydrogen) atoms. The molecule has 2 aliphatic rings. The van der Waals surface area contributed by atoms with E-state index in [-0.39, 0.29) is 11.5 Å². The van der Waals surface area contributed by atoms with Gasteiger partial charge >= 0.3 is 5.97 Å². The van der Waals surface area contributed by atoms with Gasteiger partial charge in [-0.15, -0.1) is 11.3 Å². The summed E-state index contributed by atoms with van der Waals surface area (Å²) in [7, 11) is 0. The minimum absolute atomic E-state index is 0.0747. The van der Waals surface area contributed by atoms with Crippen LogP contribution in [0, 0.1) is 5.82 Å². The van der Waals surface area contributed by atoms with Crippen LogP contribution in [0.15, 0.2) is 78.9 Å². The van der Waals surface area contributed by atoms with E-state index in [1.165, 1.54) is 28.6 Å². The van der Waals surface area contributed by atoms with Crippen LogP contribution < -0.4 is 15.4 Å². The number of nitrogens with zero attached hydrogens (tertiary/aromatic N) is 1. The second-order valence-electron chi connectivity index (χ2n) is 9.17. The number of benzene rings is 3. The average Bonchev–Trinajstić information content (AvgIpc) is 3.28. The van der Waals surface area contributed by atoms with Gasteiger partial charge in [-0.25, -0.2) is 9.18 Å². The first-order chi connectivity index (χ1) is 18.0. The van der Waals surface area contributed by atoms with E-state index in [1.54, 1.807) is 35.6 Å². The average molecular weight is 514 g/mol. The number of hydrogen-bond acceptors (Lipinski definition) is 6. The number of ether oxygens (including phenoxy) is 1. The van der Waals surface area contributed by atoms with Crippen molar-refractivity contribution in [3.05, 3.63) is 117 Å². The zero-order valence-electron chi connectivity index (χ0n) is 19.9. The van der Waals surface area contributed by atoms with Gasteiger partial charge in [-0.1, -0.05) is 48.5 Å². The number of carbonyl (C=O) groups excluding carboxylic acids is 2. The first-order valence-electron chi connectivity index (χ1n) is 12.1. The fourth-order valence-electron chi connectivity index (χ4n) is 4.82. The molecule has 6 nitrogen and oxygen atoms in total. The number of amides is 1. The van der Waals surface area contributed by atoms with E-state index in [2.05, 4.69) is 39.8 Å². The van der Waals surface area contributed by atoms with Gasteiger partial charge in [-0.05, 0) is 53.4 Å². The molecule has 1 unspecified atom stereocenters. The number of anilines is 1. The van der Waals surface area contributed by atoms with Crippen molar-refractivity contribution in [2.24, 2.45) is 0 Å². The SMILES string of the molecule is O=C(Oc1ccc(C2NC(=O)c3c(sc4c3CCN(Cc3ccccc3)C4)N2)cc1)c1cccc(F)c1. The number of esters is 1. The number of thiophene rings is 1.